The monoisotopic (exact) mass is 417 g/mol. The first-order valence-electron chi connectivity index (χ1n) is 10.9. The van der Waals surface area contributed by atoms with Gasteiger partial charge in [0, 0.05) is 64.3 Å². The van der Waals surface area contributed by atoms with Crippen molar-refractivity contribution in [3.05, 3.63) is 29.8 Å². The van der Waals surface area contributed by atoms with Crippen LogP contribution in [0.4, 0.5) is 0 Å². The maximum absolute atomic E-state index is 13.1. The number of carbonyl (C=O) groups excluding carboxylic acids is 2. The van der Waals surface area contributed by atoms with E-state index in [0.717, 1.165) is 38.2 Å². The third-order valence-electron chi connectivity index (χ3n) is 6.12. The molecule has 1 atom stereocenters. The molecule has 3 rings (SSSR count). The predicted octanol–water partition coefficient (Wildman–Crippen LogP) is 2.11. The number of methoxy groups -OCH3 is 1. The fourth-order valence-corrected chi connectivity index (χ4v) is 4.25. The van der Waals surface area contributed by atoms with Gasteiger partial charge in [0.1, 0.15) is 18.5 Å². The van der Waals surface area contributed by atoms with Gasteiger partial charge in [0.15, 0.2) is 0 Å². The Morgan fingerprint density at radius 1 is 1.07 bits per heavy atom. The summed E-state index contributed by atoms with van der Waals surface area (Å²) < 4.78 is 11.0. The molecule has 0 radical (unpaired) electrons. The van der Waals surface area contributed by atoms with Crippen molar-refractivity contribution in [3.8, 4) is 5.75 Å². The molecule has 0 aliphatic carbocycles. The standard InChI is InChI=1S/C23H35N3O4/c1-17(2)21-15-24(3)13-14-26(21)23(28)18-5-7-19(8-6-18)30-20-9-11-25(12-10-20)22(27)16-29-4/h5-8,17,20-21H,9-16H2,1-4H3/t21-/m1/s1. The molecule has 0 spiro atoms. The minimum absolute atomic E-state index is 0.0300. The molecule has 0 unspecified atom stereocenters. The van der Waals surface area contributed by atoms with Crippen LogP contribution in [0, 0.1) is 5.92 Å². The minimum atomic E-state index is 0.0300. The van der Waals surface area contributed by atoms with Gasteiger partial charge in [0.25, 0.3) is 5.91 Å². The molecule has 0 aromatic heterocycles. The lowest BCUT2D eigenvalue weighted by molar-refractivity contribution is -0.136. The minimum Gasteiger partial charge on any atom is -0.490 e. The van der Waals surface area contributed by atoms with Crippen molar-refractivity contribution in [1.82, 2.24) is 14.7 Å². The van der Waals surface area contributed by atoms with Gasteiger partial charge in [-0.05, 0) is 37.2 Å². The third kappa shape index (κ3) is 5.52. The summed E-state index contributed by atoms with van der Waals surface area (Å²) in [5.41, 5.74) is 0.706. The van der Waals surface area contributed by atoms with E-state index >= 15 is 0 Å². The first-order valence-corrected chi connectivity index (χ1v) is 10.9. The van der Waals surface area contributed by atoms with E-state index in [2.05, 4.69) is 25.8 Å². The zero-order chi connectivity index (χ0) is 21.7. The topological polar surface area (TPSA) is 62.3 Å². The van der Waals surface area contributed by atoms with Gasteiger partial charge in [-0.15, -0.1) is 0 Å². The highest BCUT2D eigenvalue weighted by Gasteiger charge is 2.31. The third-order valence-corrected chi connectivity index (χ3v) is 6.12. The Hall–Kier alpha value is -2.12. The summed E-state index contributed by atoms with van der Waals surface area (Å²) >= 11 is 0. The van der Waals surface area contributed by atoms with Gasteiger partial charge in [-0.2, -0.15) is 0 Å². The molecule has 166 valence electrons. The molecule has 0 saturated carbocycles. The maximum Gasteiger partial charge on any atom is 0.254 e. The number of piperidine rings is 1. The first-order chi connectivity index (χ1) is 14.4. The lowest BCUT2D eigenvalue weighted by atomic mass is 9.98. The lowest BCUT2D eigenvalue weighted by Crippen LogP contribution is -2.56. The zero-order valence-electron chi connectivity index (χ0n) is 18.7. The smallest absolute Gasteiger partial charge is 0.254 e. The van der Waals surface area contributed by atoms with Crippen LogP contribution in [0.15, 0.2) is 24.3 Å². The SMILES string of the molecule is COCC(=O)N1CCC(Oc2ccc(C(=O)N3CCN(C)C[C@@H]3C(C)C)cc2)CC1. The van der Waals surface area contributed by atoms with Crippen molar-refractivity contribution in [3.63, 3.8) is 0 Å². The van der Waals surface area contributed by atoms with Gasteiger partial charge in [-0.1, -0.05) is 13.8 Å². The molecular formula is C23H35N3O4. The number of nitrogens with zero attached hydrogens (tertiary/aromatic N) is 3. The summed E-state index contributed by atoms with van der Waals surface area (Å²) in [7, 11) is 3.65. The Labute approximate surface area is 179 Å². The highest BCUT2D eigenvalue weighted by atomic mass is 16.5. The van der Waals surface area contributed by atoms with Crippen LogP contribution in [-0.2, 0) is 9.53 Å². The van der Waals surface area contributed by atoms with Crippen molar-refractivity contribution >= 4 is 11.8 Å². The highest BCUT2D eigenvalue weighted by Crippen LogP contribution is 2.23. The average molecular weight is 418 g/mol. The van der Waals surface area contributed by atoms with Gasteiger partial charge < -0.3 is 24.2 Å². The number of hydrogen-bond acceptors (Lipinski definition) is 5. The Balaban J connectivity index is 1.55. The Kier molecular flexibility index (Phi) is 7.72. The van der Waals surface area contributed by atoms with Gasteiger partial charge in [-0.3, -0.25) is 9.59 Å². The number of amides is 2. The van der Waals surface area contributed by atoms with E-state index in [0.29, 0.717) is 24.6 Å². The molecular weight excluding hydrogens is 382 g/mol. The fraction of sp³-hybridized carbons (Fsp3) is 0.652. The molecule has 1 aromatic carbocycles. The molecule has 2 saturated heterocycles. The van der Waals surface area contributed by atoms with Crippen LogP contribution in [0.5, 0.6) is 5.75 Å². The van der Waals surface area contributed by atoms with Crippen LogP contribution in [0.2, 0.25) is 0 Å². The van der Waals surface area contributed by atoms with Gasteiger partial charge in [0.2, 0.25) is 5.91 Å². The molecule has 7 nitrogen and oxygen atoms in total. The molecule has 2 aliphatic rings. The van der Waals surface area contributed by atoms with Crippen LogP contribution in [0.25, 0.3) is 0 Å². The lowest BCUT2D eigenvalue weighted by Gasteiger charge is -2.42. The summed E-state index contributed by atoms with van der Waals surface area (Å²) in [6.45, 7) is 8.43. The fourth-order valence-electron chi connectivity index (χ4n) is 4.25. The summed E-state index contributed by atoms with van der Waals surface area (Å²) in [6.07, 6.45) is 1.68. The number of carbonyl (C=O) groups is 2. The Morgan fingerprint density at radius 3 is 2.33 bits per heavy atom. The quantitative estimate of drug-likeness (QED) is 0.710. The van der Waals surface area contributed by atoms with Crippen molar-refractivity contribution in [2.75, 3.05) is 53.5 Å². The first kappa shape index (κ1) is 22.6. The summed E-state index contributed by atoms with van der Waals surface area (Å²) in [6, 6.07) is 7.74. The summed E-state index contributed by atoms with van der Waals surface area (Å²) in [4.78, 5) is 31.1. The normalized spacial score (nSPS) is 21.2. The van der Waals surface area contributed by atoms with E-state index in [1.165, 1.54) is 7.11 Å². The van der Waals surface area contributed by atoms with Crippen molar-refractivity contribution < 1.29 is 19.1 Å². The molecule has 0 bridgehead atoms. The van der Waals surface area contributed by atoms with E-state index in [4.69, 9.17) is 9.47 Å². The Morgan fingerprint density at radius 2 is 1.73 bits per heavy atom. The second-order valence-corrected chi connectivity index (χ2v) is 8.73. The number of rotatable bonds is 6. The van der Waals surface area contributed by atoms with Crippen LogP contribution in [0.1, 0.15) is 37.0 Å². The van der Waals surface area contributed by atoms with Crippen LogP contribution < -0.4 is 4.74 Å². The van der Waals surface area contributed by atoms with Crippen LogP contribution >= 0.6 is 0 Å². The largest absolute Gasteiger partial charge is 0.490 e. The zero-order valence-corrected chi connectivity index (χ0v) is 18.7. The number of likely N-dealkylation sites (N-methyl/N-ethyl adjacent to an activating group) is 1. The van der Waals surface area contributed by atoms with E-state index in [1.54, 1.807) is 0 Å². The number of hydrogen-bond donors (Lipinski definition) is 0. The summed E-state index contributed by atoms with van der Waals surface area (Å²) in [5, 5.41) is 0. The predicted molar refractivity (Wildman–Crippen MR) is 116 cm³/mol. The van der Waals surface area contributed by atoms with Gasteiger partial charge >= 0.3 is 0 Å². The number of ether oxygens (including phenoxy) is 2. The van der Waals surface area contributed by atoms with Crippen LogP contribution in [0.3, 0.4) is 0 Å². The molecule has 2 aliphatic heterocycles. The summed E-state index contributed by atoms with van der Waals surface area (Å²) in [5.74, 6) is 1.31. The number of likely N-dealkylation sites (tertiary alicyclic amines) is 1. The Bertz CT molecular complexity index is 714. The van der Waals surface area contributed by atoms with E-state index in [9.17, 15) is 9.59 Å². The molecule has 2 fully saturated rings. The van der Waals surface area contributed by atoms with Crippen molar-refractivity contribution in [1.29, 1.82) is 0 Å². The van der Waals surface area contributed by atoms with E-state index < -0.39 is 0 Å². The second kappa shape index (κ2) is 10.3. The van der Waals surface area contributed by atoms with Gasteiger partial charge in [-0.25, -0.2) is 0 Å². The highest BCUT2D eigenvalue weighted by molar-refractivity contribution is 5.94. The molecule has 1 aromatic rings. The second-order valence-electron chi connectivity index (χ2n) is 8.73. The molecule has 30 heavy (non-hydrogen) atoms. The number of benzene rings is 1. The molecule has 2 amide bonds. The van der Waals surface area contributed by atoms with Crippen molar-refractivity contribution in [2.24, 2.45) is 5.92 Å². The average Bonchev–Trinajstić information content (AvgIpc) is 2.74. The van der Waals surface area contributed by atoms with E-state index in [-0.39, 0.29) is 30.6 Å². The molecule has 7 heteroatoms. The van der Waals surface area contributed by atoms with Crippen molar-refractivity contribution in [2.45, 2.75) is 38.8 Å². The molecule has 0 N–H and O–H groups in total. The molecule has 2 heterocycles. The van der Waals surface area contributed by atoms with Crippen LogP contribution in [-0.4, -0.2) is 92.1 Å². The number of piperazine rings is 1. The maximum atomic E-state index is 13.1. The van der Waals surface area contributed by atoms with Gasteiger partial charge in [0.05, 0.1) is 0 Å². The van der Waals surface area contributed by atoms with E-state index in [1.807, 2.05) is 34.1 Å².